The van der Waals surface area contributed by atoms with E-state index in [9.17, 15) is 15.0 Å². The van der Waals surface area contributed by atoms with E-state index >= 15 is 0 Å². The van der Waals surface area contributed by atoms with E-state index < -0.39 is 12.4 Å². The van der Waals surface area contributed by atoms with Gasteiger partial charge in [-0.2, -0.15) is 0 Å². The first-order valence-corrected chi connectivity index (χ1v) is 16.3. The highest BCUT2D eigenvalue weighted by atomic mass is 16.7. The maximum absolute atomic E-state index is 12.8. The van der Waals surface area contributed by atoms with E-state index in [-0.39, 0.29) is 42.4 Å². The van der Waals surface area contributed by atoms with Gasteiger partial charge in [0.2, 0.25) is 0 Å². The predicted molar refractivity (Wildman–Crippen MR) is 184 cm³/mol. The second kappa shape index (κ2) is 15.1. The molecule has 248 valence electrons. The molecule has 3 N–H and O–H groups in total. The number of amides is 1. The van der Waals surface area contributed by atoms with Crippen molar-refractivity contribution in [3.8, 4) is 0 Å². The third-order valence-corrected chi connectivity index (χ3v) is 9.27. The van der Waals surface area contributed by atoms with E-state index in [2.05, 4.69) is 27.1 Å². The molecule has 6 rings (SSSR count). The highest BCUT2D eigenvalue weighted by Crippen LogP contribution is 2.42. The van der Waals surface area contributed by atoms with E-state index in [1.165, 1.54) is 6.20 Å². The fourth-order valence-corrected chi connectivity index (χ4v) is 6.08. The van der Waals surface area contributed by atoms with Gasteiger partial charge in [-0.15, -0.1) is 0 Å². The van der Waals surface area contributed by atoms with Crippen molar-refractivity contribution in [3.05, 3.63) is 143 Å². The van der Waals surface area contributed by atoms with Crippen molar-refractivity contribution < 1.29 is 24.5 Å². The Balaban J connectivity index is 1.16. The molecule has 1 amide bonds. The van der Waals surface area contributed by atoms with Gasteiger partial charge in [0.1, 0.15) is 5.69 Å². The van der Waals surface area contributed by atoms with Gasteiger partial charge in [0, 0.05) is 30.6 Å². The number of benzene rings is 4. The molecule has 0 bridgehead atoms. The smallest absolute Gasteiger partial charge is 0.271 e. The Morgan fingerprint density at radius 3 is 2.23 bits per heavy atom. The summed E-state index contributed by atoms with van der Waals surface area (Å²) in [5.41, 5.74) is 6.18. The van der Waals surface area contributed by atoms with Crippen LogP contribution in [0.4, 0.5) is 0 Å². The van der Waals surface area contributed by atoms with Crippen molar-refractivity contribution in [1.82, 2.24) is 20.2 Å². The minimum Gasteiger partial charge on any atom is -0.392 e. The van der Waals surface area contributed by atoms with Crippen LogP contribution in [0.3, 0.4) is 0 Å². The summed E-state index contributed by atoms with van der Waals surface area (Å²) < 4.78 is 13.3. The fourth-order valence-electron chi connectivity index (χ4n) is 6.08. The van der Waals surface area contributed by atoms with E-state index in [0.717, 1.165) is 33.3 Å². The van der Waals surface area contributed by atoms with Gasteiger partial charge < -0.3 is 25.0 Å². The van der Waals surface area contributed by atoms with Gasteiger partial charge >= 0.3 is 0 Å². The molecular formula is C39H42N4O5. The van der Waals surface area contributed by atoms with Gasteiger partial charge in [0.25, 0.3) is 5.91 Å². The number of aliphatic hydroxyl groups is 2. The highest BCUT2D eigenvalue weighted by Gasteiger charge is 2.39. The maximum Gasteiger partial charge on any atom is 0.271 e. The van der Waals surface area contributed by atoms with E-state index in [1.54, 1.807) is 0 Å². The van der Waals surface area contributed by atoms with Crippen molar-refractivity contribution in [3.63, 3.8) is 0 Å². The molecule has 1 aromatic heterocycles. The fraction of sp³-hybridized carbons (Fsp3) is 0.308. The Hall–Kier alpha value is -4.51. The molecule has 48 heavy (non-hydrogen) atoms. The summed E-state index contributed by atoms with van der Waals surface area (Å²) in [6.45, 7) is 5.03. The molecular weight excluding hydrogens is 604 g/mol. The summed E-state index contributed by atoms with van der Waals surface area (Å²) in [5, 5.41) is 23.6. The number of fused-ring (bicyclic) bond motifs is 1. The maximum atomic E-state index is 12.8. The number of para-hydroxylation sites is 2. The molecule has 9 nitrogen and oxygen atoms in total. The standard InChI is InChI=1S/C39H42N4O5/c1-25-35(23-43(3)26(2)36(45)29-9-5-4-6-10-29)47-39(48-37(25)30-17-15-28(24-44)16-18-30)31-19-13-27(14-20-31)21-41-38(46)34-22-40-32-11-7-8-12-33(32)42-34/h4-20,22,25-26,35-37,39,44-45H,21,23-24H2,1-3H3,(H,41,46). The van der Waals surface area contributed by atoms with Crippen LogP contribution in [0, 0.1) is 5.92 Å². The molecule has 6 unspecified atom stereocenters. The Bertz CT molecular complexity index is 1800. The number of hydrogen-bond donors (Lipinski definition) is 3. The zero-order chi connectivity index (χ0) is 33.6. The first kappa shape index (κ1) is 33.4. The SMILES string of the molecule is CC1C(CN(C)C(C)C(O)c2ccccc2)OC(c2ccc(CNC(=O)c3cnc4ccccc4n3)cc2)OC1c1ccc(CO)cc1. The molecule has 1 fully saturated rings. The molecule has 4 aromatic carbocycles. The average Bonchev–Trinajstić information content (AvgIpc) is 3.14. The molecule has 5 aromatic rings. The van der Waals surface area contributed by atoms with Crippen molar-refractivity contribution in [1.29, 1.82) is 0 Å². The quantitative estimate of drug-likeness (QED) is 0.163. The van der Waals surface area contributed by atoms with E-state index in [0.29, 0.717) is 18.6 Å². The number of nitrogens with zero attached hydrogens (tertiary/aromatic N) is 3. The largest absolute Gasteiger partial charge is 0.392 e. The number of aromatic nitrogens is 2. The molecule has 2 heterocycles. The molecule has 1 aliphatic rings. The number of likely N-dealkylation sites (N-methyl/N-ethyl adjacent to an activating group) is 1. The number of rotatable bonds is 11. The molecule has 6 atom stereocenters. The third kappa shape index (κ3) is 7.62. The number of ether oxygens (including phenoxy) is 2. The topological polar surface area (TPSA) is 117 Å². The first-order chi connectivity index (χ1) is 23.3. The lowest BCUT2D eigenvalue weighted by Gasteiger charge is -2.43. The molecule has 0 saturated carbocycles. The van der Waals surface area contributed by atoms with E-state index in [4.69, 9.17) is 9.47 Å². The molecule has 9 heteroatoms. The number of nitrogens with one attached hydrogen (secondary N) is 1. The van der Waals surface area contributed by atoms with Gasteiger partial charge in [-0.3, -0.25) is 14.7 Å². The van der Waals surface area contributed by atoms with Crippen LogP contribution in [0.25, 0.3) is 11.0 Å². The molecule has 1 saturated heterocycles. The zero-order valence-electron chi connectivity index (χ0n) is 27.4. The summed E-state index contributed by atoms with van der Waals surface area (Å²) >= 11 is 0. The van der Waals surface area contributed by atoms with Crippen LogP contribution in [-0.4, -0.2) is 56.7 Å². The van der Waals surface area contributed by atoms with Crippen LogP contribution in [0.15, 0.2) is 109 Å². The van der Waals surface area contributed by atoms with Crippen LogP contribution in [0.5, 0.6) is 0 Å². The predicted octanol–water partition coefficient (Wildman–Crippen LogP) is 5.90. The third-order valence-electron chi connectivity index (χ3n) is 9.27. The monoisotopic (exact) mass is 646 g/mol. The second-order valence-corrected chi connectivity index (χ2v) is 12.5. The van der Waals surface area contributed by atoms with Gasteiger partial charge in [-0.1, -0.05) is 97.9 Å². The van der Waals surface area contributed by atoms with E-state index in [1.807, 2.05) is 117 Å². The molecule has 0 aliphatic carbocycles. The Morgan fingerprint density at radius 2 is 1.52 bits per heavy atom. The number of hydrogen-bond acceptors (Lipinski definition) is 8. The summed E-state index contributed by atoms with van der Waals surface area (Å²) in [7, 11) is 2.01. The molecule has 0 spiro atoms. The van der Waals surface area contributed by atoms with Crippen LogP contribution in [0.1, 0.15) is 70.7 Å². The van der Waals surface area contributed by atoms with Gasteiger partial charge in [0.05, 0.1) is 42.1 Å². The lowest BCUT2D eigenvalue weighted by atomic mass is 9.89. The zero-order valence-corrected chi connectivity index (χ0v) is 27.4. The van der Waals surface area contributed by atoms with Crippen molar-refractivity contribution in [2.75, 3.05) is 13.6 Å². The average molecular weight is 647 g/mol. The minimum absolute atomic E-state index is 0.00237. The molecule has 0 radical (unpaired) electrons. The van der Waals surface area contributed by atoms with Crippen molar-refractivity contribution in [2.45, 2.75) is 57.6 Å². The van der Waals surface area contributed by atoms with Crippen molar-refractivity contribution in [2.24, 2.45) is 5.92 Å². The number of aliphatic hydroxyl groups excluding tert-OH is 2. The Morgan fingerprint density at radius 1 is 0.875 bits per heavy atom. The lowest BCUT2D eigenvalue weighted by molar-refractivity contribution is -0.276. The number of carbonyl (C=O) groups excluding carboxylic acids is 1. The van der Waals surface area contributed by atoms with Gasteiger partial charge in [-0.05, 0) is 48.4 Å². The Kier molecular flexibility index (Phi) is 10.5. The number of carbonyl (C=O) groups is 1. The van der Waals surface area contributed by atoms with Crippen LogP contribution in [0.2, 0.25) is 0 Å². The van der Waals surface area contributed by atoms with Crippen molar-refractivity contribution >= 4 is 16.9 Å². The van der Waals surface area contributed by atoms with Gasteiger partial charge in [-0.25, -0.2) is 4.98 Å². The second-order valence-electron chi connectivity index (χ2n) is 12.5. The summed E-state index contributed by atoms with van der Waals surface area (Å²) in [4.78, 5) is 23.7. The van der Waals surface area contributed by atoms with Crippen LogP contribution >= 0.6 is 0 Å². The van der Waals surface area contributed by atoms with Gasteiger partial charge in [0.15, 0.2) is 6.29 Å². The summed E-state index contributed by atoms with van der Waals surface area (Å²) in [6.07, 6.45) is -0.252. The Labute approximate surface area is 281 Å². The highest BCUT2D eigenvalue weighted by molar-refractivity contribution is 5.93. The first-order valence-electron chi connectivity index (χ1n) is 16.3. The summed E-state index contributed by atoms with van der Waals surface area (Å²) in [6, 6.07) is 32.7. The van der Waals surface area contributed by atoms with Crippen LogP contribution < -0.4 is 5.32 Å². The lowest BCUT2D eigenvalue weighted by Crippen LogP contribution is -2.46. The minimum atomic E-state index is -0.648. The summed E-state index contributed by atoms with van der Waals surface area (Å²) in [5.74, 6) is -0.295. The normalized spacial score (nSPS) is 20.8. The molecule has 1 aliphatic heterocycles. The van der Waals surface area contributed by atoms with Crippen LogP contribution in [-0.2, 0) is 22.6 Å².